The first-order valence-electron chi connectivity index (χ1n) is 4.50. The predicted molar refractivity (Wildman–Crippen MR) is 59.5 cm³/mol. The van der Waals surface area contributed by atoms with E-state index in [0.717, 1.165) is 11.1 Å². The first-order chi connectivity index (χ1) is 6.50. The van der Waals surface area contributed by atoms with Crippen LogP contribution in [-0.2, 0) is 16.3 Å². The molecule has 1 heterocycles. The molecule has 1 aromatic carbocycles. The molecule has 1 atom stereocenters. The highest BCUT2D eigenvalue weighted by molar-refractivity contribution is 9.09. The number of sulfone groups is 1. The third-order valence-corrected chi connectivity index (χ3v) is 4.86. The minimum absolute atomic E-state index is 0.266. The van der Waals surface area contributed by atoms with Crippen molar-refractivity contribution < 1.29 is 8.42 Å². The molecule has 0 bridgehead atoms. The second-order valence-electron chi connectivity index (χ2n) is 3.55. The Morgan fingerprint density at radius 1 is 1.43 bits per heavy atom. The zero-order valence-electron chi connectivity index (χ0n) is 7.83. The highest BCUT2D eigenvalue weighted by atomic mass is 79.9. The summed E-state index contributed by atoms with van der Waals surface area (Å²) in [5.74, 6) is 0.266. The van der Waals surface area contributed by atoms with Gasteiger partial charge in [-0.3, -0.25) is 0 Å². The molecule has 0 fully saturated rings. The van der Waals surface area contributed by atoms with Gasteiger partial charge in [0.1, 0.15) is 0 Å². The van der Waals surface area contributed by atoms with Crippen molar-refractivity contribution in [1.29, 1.82) is 0 Å². The zero-order chi connectivity index (χ0) is 10.3. The molecule has 2 rings (SSSR count). The standard InChI is InChI=1S/C10H11BrO2S/c1-7(11)8-2-3-10-9(6-8)4-5-14(10,12)13/h2-3,6-7H,4-5H2,1H3. The van der Waals surface area contributed by atoms with Crippen LogP contribution in [0.5, 0.6) is 0 Å². The first-order valence-corrected chi connectivity index (χ1v) is 7.07. The van der Waals surface area contributed by atoms with E-state index in [1.54, 1.807) is 6.07 Å². The molecule has 0 amide bonds. The molecule has 0 spiro atoms. The highest BCUT2D eigenvalue weighted by Gasteiger charge is 2.26. The van der Waals surface area contributed by atoms with Crippen LogP contribution in [0.15, 0.2) is 23.1 Å². The number of alkyl halides is 1. The molecule has 0 saturated carbocycles. The maximum absolute atomic E-state index is 11.5. The lowest BCUT2D eigenvalue weighted by Crippen LogP contribution is -1.98. The smallest absolute Gasteiger partial charge is 0.178 e. The van der Waals surface area contributed by atoms with Crippen molar-refractivity contribution >= 4 is 25.8 Å². The molecule has 1 aromatic rings. The molecule has 14 heavy (non-hydrogen) atoms. The van der Waals surface area contributed by atoms with Gasteiger partial charge in [0.15, 0.2) is 9.84 Å². The molecule has 2 nitrogen and oxygen atoms in total. The Morgan fingerprint density at radius 3 is 2.79 bits per heavy atom. The molecule has 1 aliphatic rings. The fraction of sp³-hybridized carbons (Fsp3) is 0.400. The molecular formula is C10H11BrO2S. The van der Waals surface area contributed by atoms with Gasteiger partial charge >= 0.3 is 0 Å². The van der Waals surface area contributed by atoms with Crippen LogP contribution in [0.2, 0.25) is 0 Å². The number of hydrogen-bond donors (Lipinski definition) is 0. The quantitative estimate of drug-likeness (QED) is 0.738. The van der Waals surface area contributed by atoms with Crippen LogP contribution < -0.4 is 0 Å². The van der Waals surface area contributed by atoms with Crippen LogP contribution in [0.25, 0.3) is 0 Å². The Bertz CT molecular complexity index is 463. The summed E-state index contributed by atoms with van der Waals surface area (Å²) < 4.78 is 23.0. The van der Waals surface area contributed by atoms with Crippen LogP contribution in [0.4, 0.5) is 0 Å². The van der Waals surface area contributed by atoms with Crippen molar-refractivity contribution in [2.75, 3.05) is 5.75 Å². The van der Waals surface area contributed by atoms with Crippen molar-refractivity contribution in [3.63, 3.8) is 0 Å². The van der Waals surface area contributed by atoms with E-state index in [2.05, 4.69) is 15.9 Å². The zero-order valence-corrected chi connectivity index (χ0v) is 10.2. The van der Waals surface area contributed by atoms with Gasteiger partial charge in [-0.15, -0.1) is 0 Å². The molecule has 0 radical (unpaired) electrons. The lowest BCUT2D eigenvalue weighted by molar-refractivity contribution is 0.600. The van der Waals surface area contributed by atoms with Gasteiger partial charge < -0.3 is 0 Å². The average molecular weight is 275 g/mol. The summed E-state index contributed by atoms with van der Waals surface area (Å²) in [7, 11) is -2.96. The lowest BCUT2D eigenvalue weighted by Gasteiger charge is -2.05. The van der Waals surface area contributed by atoms with Crippen LogP contribution in [0, 0.1) is 0 Å². The summed E-state index contributed by atoms with van der Waals surface area (Å²) in [5, 5.41) is 0. The van der Waals surface area contributed by atoms with Crippen LogP contribution in [0.1, 0.15) is 22.9 Å². The Labute approximate surface area is 92.4 Å². The Morgan fingerprint density at radius 2 is 2.14 bits per heavy atom. The number of fused-ring (bicyclic) bond motifs is 1. The van der Waals surface area contributed by atoms with Crippen molar-refractivity contribution in [2.24, 2.45) is 0 Å². The van der Waals surface area contributed by atoms with Gasteiger partial charge in [-0.1, -0.05) is 28.1 Å². The van der Waals surface area contributed by atoms with Gasteiger partial charge in [0.2, 0.25) is 0 Å². The summed E-state index contributed by atoms with van der Waals surface area (Å²) in [6.45, 7) is 2.03. The fourth-order valence-corrected chi connectivity index (χ4v) is 3.53. The number of halogens is 1. The molecule has 4 heteroatoms. The summed E-state index contributed by atoms with van der Waals surface area (Å²) in [5.41, 5.74) is 2.11. The normalized spacial score (nSPS) is 20.4. The molecule has 0 saturated heterocycles. The van der Waals surface area contributed by atoms with E-state index in [-0.39, 0.29) is 10.6 Å². The molecule has 0 N–H and O–H groups in total. The molecule has 1 aliphatic heterocycles. The van der Waals surface area contributed by atoms with Gasteiger partial charge in [-0.2, -0.15) is 0 Å². The first kappa shape index (κ1) is 10.2. The van der Waals surface area contributed by atoms with Crippen molar-refractivity contribution in [2.45, 2.75) is 23.1 Å². The van der Waals surface area contributed by atoms with E-state index in [4.69, 9.17) is 0 Å². The SMILES string of the molecule is CC(Br)c1ccc2c(c1)CCS2(=O)=O. The Kier molecular flexibility index (Phi) is 2.43. The number of aryl methyl sites for hydroxylation is 1. The second-order valence-corrected chi connectivity index (χ2v) is 7.00. The van der Waals surface area contributed by atoms with E-state index >= 15 is 0 Å². The van der Waals surface area contributed by atoms with Gasteiger partial charge in [0.25, 0.3) is 0 Å². The van der Waals surface area contributed by atoms with E-state index in [1.165, 1.54) is 0 Å². The second kappa shape index (κ2) is 3.35. The van der Waals surface area contributed by atoms with Gasteiger partial charge in [0.05, 0.1) is 10.6 Å². The van der Waals surface area contributed by atoms with E-state index < -0.39 is 9.84 Å². The van der Waals surface area contributed by atoms with Crippen LogP contribution >= 0.6 is 15.9 Å². The van der Waals surface area contributed by atoms with E-state index in [9.17, 15) is 8.42 Å². The molecule has 76 valence electrons. The van der Waals surface area contributed by atoms with Gasteiger partial charge in [-0.25, -0.2) is 8.42 Å². The largest absolute Gasteiger partial charge is 0.224 e. The van der Waals surface area contributed by atoms with Crippen molar-refractivity contribution in [3.8, 4) is 0 Å². The number of rotatable bonds is 1. The van der Waals surface area contributed by atoms with E-state index in [0.29, 0.717) is 11.3 Å². The molecule has 1 unspecified atom stereocenters. The summed E-state index contributed by atoms with van der Waals surface area (Å²) in [6.07, 6.45) is 0.658. The van der Waals surface area contributed by atoms with E-state index in [1.807, 2.05) is 19.1 Å². The Balaban J connectivity index is 2.55. The third-order valence-electron chi connectivity index (χ3n) is 2.52. The molecule has 0 aromatic heterocycles. The third kappa shape index (κ3) is 1.61. The summed E-state index contributed by atoms with van der Waals surface area (Å²) in [6, 6.07) is 5.59. The minimum Gasteiger partial charge on any atom is -0.224 e. The number of hydrogen-bond acceptors (Lipinski definition) is 2. The minimum atomic E-state index is -2.96. The maximum atomic E-state index is 11.5. The monoisotopic (exact) mass is 274 g/mol. The van der Waals surface area contributed by atoms with Crippen LogP contribution in [0.3, 0.4) is 0 Å². The average Bonchev–Trinajstić information content (AvgIpc) is 2.42. The topological polar surface area (TPSA) is 34.1 Å². The van der Waals surface area contributed by atoms with Crippen LogP contribution in [-0.4, -0.2) is 14.2 Å². The maximum Gasteiger partial charge on any atom is 0.178 e. The fourth-order valence-electron chi connectivity index (χ4n) is 1.70. The highest BCUT2D eigenvalue weighted by Crippen LogP contribution is 2.30. The van der Waals surface area contributed by atoms with Crippen molar-refractivity contribution in [1.82, 2.24) is 0 Å². The summed E-state index contributed by atoms with van der Waals surface area (Å²) in [4.78, 5) is 0.797. The Hall–Kier alpha value is -0.350. The molecular weight excluding hydrogens is 264 g/mol. The lowest BCUT2D eigenvalue weighted by atomic mass is 10.1. The van der Waals surface area contributed by atoms with Crippen molar-refractivity contribution in [3.05, 3.63) is 29.3 Å². The predicted octanol–water partition coefficient (Wildman–Crippen LogP) is 2.47. The summed E-state index contributed by atoms with van der Waals surface area (Å²) >= 11 is 3.47. The number of benzene rings is 1. The van der Waals surface area contributed by atoms with Gasteiger partial charge in [-0.05, 0) is 30.5 Å². The van der Waals surface area contributed by atoms with Gasteiger partial charge in [0, 0.05) is 4.83 Å². The molecule has 0 aliphatic carbocycles.